The van der Waals surface area contributed by atoms with E-state index in [-0.39, 0.29) is 24.8 Å². The van der Waals surface area contributed by atoms with Gasteiger partial charge in [-0.1, -0.05) is 85.6 Å². The van der Waals surface area contributed by atoms with Gasteiger partial charge >= 0.3 is 67.1 Å². The summed E-state index contributed by atoms with van der Waals surface area (Å²) in [7, 11) is 0. The van der Waals surface area contributed by atoms with Crippen molar-refractivity contribution in [3.8, 4) is 22.3 Å². The zero-order valence-electron chi connectivity index (χ0n) is 36.3. The first-order valence-corrected chi connectivity index (χ1v) is 28.5. The summed E-state index contributed by atoms with van der Waals surface area (Å²) in [6.45, 7) is 6.36. The normalized spacial score (nSPS) is 22.3. The number of benzene rings is 4. The molecule has 0 amide bonds. The minimum atomic E-state index is -3.93. The van der Waals surface area contributed by atoms with E-state index in [9.17, 15) is 13.2 Å². The Morgan fingerprint density at radius 3 is 1.31 bits per heavy atom. The van der Waals surface area contributed by atoms with E-state index in [4.69, 9.17) is 0 Å². The van der Waals surface area contributed by atoms with Crippen molar-refractivity contribution in [2.24, 2.45) is 22.7 Å². The summed E-state index contributed by atoms with van der Waals surface area (Å²) < 4.78 is 34.3. The van der Waals surface area contributed by atoms with Crippen LogP contribution in [0.1, 0.15) is 107 Å². The SMILES string of the molecule is CCc1ccc(-c2cccc3[cH-]c(CC45CCC(CC4)C5)cc23)cc1.CCc1ccc(-c2cccc3[cH-]c(CC45CCC(CC4)C5)cc23)cc1.C[Si](=[Zr+2])CCC(F)(F)F.[Cl-].[Cl-]. The molecule has 0 radical (unpaired) electrons. The predicted molar refractivity (Wildman–Crippen MR) is 241 cm³/mol. The van der Waals surface area contributed by atoms with Crippen LogP contribution in [0, 0.1) is 22.7 Å². The molecule has 10 rings (SSSR count). The predicted octanol–water partition coefficient (Wildman–Crippen LogP) is 9.94. The van der Waals surface area contributed by atoms with Crippen LogP contribution in [0.4, 0.5) is 13.2 Å². The van der Waals surface area contributed by atoms with Crippen molar-refractivity contribution < 1.29 is 61.3 Å². The van der Waals surface area contributed by atoms with E-state index in [1.54, 1.807) is 11.1 Å². The summed E-state index contributed by atoms with van der Waals surface area (Å²) in [5, 5.41) is 5.70. The third-order valence-electron chi connectivity index (χ3n) is 14.7. The van der Waals surface area contributed by atoms with Gasteiger partial charge in [0.2, 0.25) is 0 Å². The number of hydrogen-bond acceptors (Lipinski definition) is 0. The van der Waals surface area contributed by atoms with Gasteiger partial charge in [0.25, 0.3) is 0 Å². The van der Waals surface area contributed by atoms with Gasteiger partial charge in [0, 0.05) is 0 Å². The van der Waals surface area contributed by atoms with E-state index in [0.717, 1.165) is 24.7 Å². The summed E-state index contributed by atoms with van der Waals surface area (Å²) in [5.74, 6) is 2.08. The molecule has 0 saturated heterocycles. The van der Waals surface area contributed by atoms with Gasteiger partial charge in [0.15, 0.2) is 0 Å². The Balaban J connectivity index is 0.000000166. The topological polar surface area (TPSA) is 0 Å². The smallest absolute Gasteiger partial charge is 1.00 e. The molecule has 4 fully saturated rings. The number of fused-ring (bicyclic) bond motifs is 6. The Kier molecular flexibility index (Phi) is 16.2. The zero-order chi connectivity index (χ0) is 41.2. The van der Waals surface area contributed by atoms with E-state index >= 15 is 0 Å². The molecule has 0 aliphatic heterocycles. The maximum atomic E-state index is 11.4. The molecule has 0 N–H and O–H groups in total. The van der Waals surface area contributed by atoms with Gasteiger partial charge in [-0.25, -0.2) is 0 Å². The first-order valence-electron chi connectivity index (χ1n) is 22.6. The van der Waals surface area contributed by atoms with E-state index in [1.165, 1.54) is 155 Å². The Morgan fingerprint density at radius 1 is 0.623 bits per heavy atom. The van der Waals surface area contributed by atoms with Crippen molar-refractivity contribution >= 4 is 27.0 Å². The number of alkyl halides is 3. The average molecular weight is 957 g/mol. The van der Waals surface area contributed by atoms with Gasteiger partial charge in [0.05, 0.1) is 0 Å². The molecule has 0 aromatic heterocycles. The zero-order valence-corrected chi connectivity index (χ0v) is 41.2. The summed E-state index contributed by atoms with van der Waals surface area (Å²) >= 11 is 1.29. The second-order valence-electron chi connectivity index (χ2n) is 19.0. The third-order valence-corrected chi connectivity index (χ3v) is 17.5. The van der Waals surface area contributed by atoms with E-state index < -0.39 is 18.0 Å². The van der Waals surface area contributed by atoms with Crippen LogP contribution in [0.2, 0.25) is 12.6 Å². The monoisotopic (exact) mass is 954 g/mol. The fourth-order valence-electron chi connectivity index (χ4n) is 11.5. The van der Waals surface area contributed by atoms with Gasteiger partial charge in [-0.3, -0.25) is 0 Å². The van der Waals surface area contributed by atoms with Gasteiger partial charge in [-0.15, -0.1) is 69.1 Å². The first-order chi connectivity index (χ1) is 28.4. The standard InChI is InChI=1S/2C25H27.C4H7F3Si.2ClH.Zr/c2*1-2-18-6-8-21(9-7-18)23-5-3-4-22-14-20(15-24(22)23)17-25-12-10-19(16-25)11-13-25;1-8-3-2-4(5,6)7;;;/h2*3-9,14-15,19H,2,10-13,16-17H2,1H3;2-3H2,1H3;2*1H;/q2*-1;;;;+2/p-2. The van der Waals surface area contributed by atoms with Crippen LogP contribution >= 0.6 is 0 Å². The quantitative estimate of drug-likeness (QED) is 0.0949. The molecule has 4 aliphatic carbocycles. The summed E-state index contributed by atoms with van der Waals surface area (Å²) in [6, 6.07) is 42.1. The van der Waals surface area contributed by atoms with Crippen molar-refractivity contribution in [3.05, 3.63) is 131 Å². The molecule has 322 valence electrons. The fourth-order valence-corrected chi connectivity index (χ4v) is 13.0. The molecular formula is C54H61Cl2F3SiZr-2. The maximum Gasteiger partial charge on any atom is -1.00 e. The summed E-state index contributed by atoms with van der Waals surface area (Å²) in [6.07, 6.45) is 15.0. The van der Waals surface area contributed by atoms with Crippen LogP contribution in [0.15, 0.2) is 109 Å². The van der Waals surface area contributed by atoms with Crippen LogP contribution < -0.4 is 24.8 Å². The summed E-state index contributed by atoms with van der Waals surface area (Å²) in [4.78, 5) is 0. The largest absolute Gasteiger partial charge is 1.00 e. The number of rotatable bonds is 10. The average Bonchev–Trinajstić information content (AvgIpc) is 4.11. The number of halogens is 5. The Labute approximate surface area is 390 Å². The van der Waals surface area contributed by atoms with Crippen LogP contribution in [-0.2, 0) is 49.0 Å². The van der Waals surface area contributed by atoms with Crippen LogP contribution in [0.25, 0.3) is 43.8 Å². The van der Waals surface area contributed by atoms with Crippen molar-refractivity contribution in [2.45, 2.75) is 129 Å². The molecule has 0 unspecified atom stereocenters. The Morgan fingerprint density at radius 2 is 1.02 bits per heavy atom. The fraction of sp³-hybridized carbons (Fsp3) is 0.444. The minimum absolute atomic E-state index is 0. The molecule has 0 spiro atoms. The molecule has 0 atom stereocenters. The third kappa shape index (κ3) is 11.6. The maximum absolute atomic E-state index is 11.4. The molecule has 4 saturated carbocycles. The van der Waals surface area contributed by atoms with Crippen molar-refractivity contribution in [3.63, 3.8) is 0 Å². The van der Waals surface area contributed by atoms with Gasteiger partial charge in [0.1, 0.15) is 0 Å². The molecule has 4 aliphatic rings. The molecule has 6 aromatic carbocycles. The van der Waals surface area contributed by atoms with Gasteiger partial charge in [-0.05, 0) is 135 Å². The molecule has 0 nitrogen and oxygen atoms in total. The second-order valence-corrected chi connectivity index (χ2v) is 27.3. The van der Waals surface area contributed by atoms with E-state index in [2.05, 4.69) is 123 Å². The van der Waals surface area contributed by atoms with Crippen molar-refractivity contribution in [1.29, 1.82) is 0 Å². The van der Waals surface area contributed by atoms with Crippen molar-refractivity contribution in [2.75, 3.05) is 0 Å². The molecule has 6 aromatic rings. The Bertz CT molecular complexity index is 2200. The summed E-state index contributed by atoms with van der Waals surface area (Å²) in [5.41, 5.74) is 12.1. The Hall–Kier alpha value is -2.43. The second kappa shape index (κ2) is 20.6. The number of hydrogen-bond donors (Lipinski definition) is 0. The minimum Gasteiger partial charge on any atom is -1.00 e. The first kappa shape index (κ1) is 48.0. The van der Waals surface area contributed by atoms with Crippen molar-refractivity contribution in [1.82, 2.24) is 0 Å². The van der Waals surface area contributed by atoms with Crippen LogP contribution in [0.5, 0.6) is 0 Å². The number of aryl methyl sites for hydroxylation is 2. The van der Waals surface area contributed by atoms with Gasteiger partial charge < -0.3 is 24.8 Å². The molecule has 4 bridgehead atoms. The molecule has 7 heteroatoms. The molecular weight excluding hydrogens is 896 g/mol. The van der Waals surface area contributed by atoms with Crippen LogP contribution in [0.3, 0.4) is 0 Å². The molecule has 0 heterocycles. The van der Waals surface area contributed by atoms with E-state index in [0.29, 0.717) is 16.9 Å². The van der Waals surface area contributed by atoms with E-state index in [1.807, 2.05) is 6.55 Å². The van der Waals surface area contributed by atoms with Crippen LogP contribution in [-0.4, -0.2) is 11.6 Å². The molecule has 61 heavy (non-hydrogen) atoms. The van der Waals surface area contributed by atoms with Gasteiger partial charge in [-0.2, -0.15) is 12.1 Å².